The average molecular weight is 253 g/mol. The number of rotatable bonds is 4. The van der Waals surface area contributed by atoms with Crippen molar-refractivity contribution in [2.45, 2.75) is 36.9 Å². The summed E-state index contributed by atoms with van der Waals surface area (Å²) in [4.78, 5) is 11.1. The standard InChI is InChI=1S/C12H19N3OS/c1-17-12-11(13-5-6-14-12)8-15-7-3-2-4-10(15)9-16/h5-6,10,16H,2-4,7-9H2,1H3/t10-/m0/s1. The molecule has 1 aromatic rings. The van der Waals surface area contributed by atoms with Crippen LogP contribution >= 0.6 is 11.8 Å². The predicted molar refractivity (Wildman–Crippen MR) is 68.9 cm³/mol. The Balaban J connectivity index is 2.08. The lowest BCUT2D eigenvalue weighted by molar-refractivity contribution is 0.0822. The van der Waals surface area contributed by atoms with E-state index in [-0.39, 0.29) is 6.61 Å². The maximum absolute atomic E-state index is 9.38. The van der Waals surface area contributed by atoms with Crippen LogP contribution in [-0.2, 0) is 6.54 Å². The van der Waals surface area contributed by atoms with Crippen LogP contribution in [0, 0.1) is 0 Å². The molecule has 0 aliphatic carbocycles. The van der Waals surface area contributed by atoms with Crippen LogP contribution in [-0.4, -0.2) is 45.4 Å². The third-order valence-electron chi connectivity index (χ3n) is 3.24. The fourth-order valence-electron chi connectivity index (χ4n) is 2.30. The molecule has 94 valence electrons. The Kier molecular flexibility index (Phi) is 4.76. The zero-order valence-corrected chi connectivity index (χ0v) is 11.0. The summed E-state index contributed by atoms with van der Waals surface area (Å²) in [5.41, 5.74) is 1.03. The molecule has 0 aromatic carbocycles. The van der Waals surface area contributed by atoms with Gasteiger partial charge in [0.05, 0.1) is 12.3 Å². The van der Waals surface area contributed by atoms with E-state index in [2.05, 4.69) is 14.9 Å². The molecule has 5 heteroatoms. The van der Waals surface area contributed by atoms with Gasteiger partial charge in [-0.2, -0.15) is 0 Å². The van der Waals surface area contributed by atoms with Crippen molar-refractivity contribution in [1.29, 1.82) is 0 Å². The van der Waals surface area contributed by atoms with Gasteiger partial charge in [0, 0.05) is 25.0 Å². The summed E-state index contributed by atoms with van der Waals surface area (Å²) in [6.45, 7) is 2.10. The molecule has 1 saturated heterocycles. The molecule has 2 rings (SSSR count). The third-order valence-corrected chi connectivity index (χ3v) is 3.97. The van der Waals surface area contributed by atoms with Crippen molar-refractivity contribution in [3.05, 3.63) is 18.1 Å². The molecule has 4 nitrogen and oxygen atoms in total. The van der Waals surface area contributed by atoms with Crippen LogP contribution in [0.3, 0.4) is 0 Å². The van der Waals surface area contributed by atoms with Crippen LogP contribution in [0.5, 0.6) is 0 Å². The van der Waals surface area contributed by atoms with E-state index in [0.29, 0.717) is 6.04 Å². The van der Waals surface area contributed by atoms with E-state index in [4.69, 9.17) is 0 Å². The zero-order chi connectivity index (χ0) is 12.1. The number of aromatic nitrogens is 2. The SMILES string of the molecule is CSc1nccnc1CN1CCCC[C@H]1CO. The molecule has 0 spiro atoms. The molecule has 17 heavy (non-hydrogen) atoms. The van der Waals surface area contributed by atoms with Gasteiger partial charge in [0.1, 0.15) is 5.03 Å². The zero-order valence-electron chi connectivity index (χ0n) is 10.2. The average Bonchev–Trinajstić information content (AvgIpc) is 2.40. The second kappa shape index (κ2) is 6.33. The van der Waals surface area contributed by atoms with Gasteiger partial charge in [-0.05, 0) is 25.6 Å². The number of aliphatic hydroxyl groups is 1. The highest BCUT2D eigenvalue weighted by molar-refractivity contribution is 7.98. The van der Waals surface area contributed by atoms with Crippen LogP contribution in [0.2, 0.25) is 0 Å². The molecule has 0 saturated carbocycles. The molecule has 1 aliphatic heterocycles. The van der Waals surface area contributed by atoms with Crippen LogP contribution in [0.15, 0.2) is 17.4 Å². The first-order valence-corrected chi connectivity index (χ1v) is 7.26. The minimum absolute atomic E-state index is 0.245. The number of thioether (sulfide) groups is 1. The molecule has 0 unspecified atom stereocenters. The third kappa shape index (κ3) is 3.18. The summed E-state index contributed by atoms with van der Waals surface area (Å²) in [5, 5.41) is 10.4. The lowest BCUT2D eigenvalue weighted by atomic mass is 10.0. The first-order valence-electron chi connectivity index (χ1n) is 6.04. The Morgan fingerprint density at radius 2 is 2.24 bits per heavy atom. The lowest BCUT2D eigenvalue weighted by Crippen LogP contribution is -2.41. The smallest absolute Gasteiger partial charge is 0.119 e. The van der Waals surface area contributed by atoms with Gasteiger partial charge in [-0.1, -0.05) is 6.42 Å². The normalized spacial score (nSPS) is 21.6. The van der Waals surface area contributed by atoms with Gasteiger partial charge in [-0.15, -0.1) is 11.8 Å². The molecule has 1 fully saturated rings. The summed E-state index contributed by atoms with van der Waals surface area (Å²) >= 11 is 1.63. The number of piperidine rings is 1. The van der Waals surface area contributed by atoms with Crippen molar-refractivity contribution in [3.63, 3.8) is 0 Å². The maximum Gasteiger partial charge on any atom is 0.119 e. The van der Waals surface area contributed by atoms with E-state index in [9.17, 15) is 5.11 Å². The van der Waals surface area contributed by atoms with E-state index in [1.807, 2.05) is 6.26 Å². The number of likely N-dealkylation sites (tertiary alicyclic amines) is 1. The number of hydrogen-bond donors (Lipinski definition) is 1. The van der Waals surface area contributed by atoms with Crippen LogP contribution in [0.25, 0.3) is 0 Å². The highest BCUT2D eigenvalue weighted by Gasteiger charge is 2.22. The van der Waals surface area contributed by atoms with Gasteiger partial charge in [0.15, 0.2) is 0 Å². The van der Waals surface area contributed by atoms with Crippen molar-refractivity contribution in [1.82, 2.24) is 14.9 Å². The fourth-order valence-corrected chi connectivity index (χ4v) is 2.82. The molecular formula is C12H19N3OS. The Morgan fingerprint density at radius 1 is 1.41 bits per heavy atom. The molecule has 1 atom stereocenters. The summed E-state index contributed by atoms with van der Waals surface area (Å²) < 4.78 is 0. The quantitative estimate of drug-likeness (QED) is 0.825. The Morgan fingerprint density at radius 3 is 3.00 bits per heavy atom. The second-order valence-electron chi connectivity index (χ2n) is 4.31. The van der Waals surface area contributed by atoms with Crippen LogP contribution < -0.4 is 0 Å². The fraction of sp³-hybridized carbons (Fsp3) is 0.667. The number of nitrogens with zero attached hydrogens (tertiary/aromatic N) is 3. The summed E-state index contributed by atoms with van der Waals surface area (Å²) in [7, 11) is 0. The molecule has 1 aromatic heterocycles. The Labute approximate surface area is 106 Å². The molecule has 1 N–H and O–H groups in total. The van der Waals surface area contributed by atoms with Gasteiger partial charge in [0.2, 0.25) is 0 Å². The predicted octanol–water partition coefficient (Wildman–Crippen LogP) is 1.55. The van der Waals surface area contributed by atoms with E-state index in [1.54, 1.807) is 24.2 Å². The topological polar surface area (TPSA) is 49.2 Å². The maximum atomic E-state index is 9.38. The minimum atomic E-state index is 0.245. The van der Waals surface area contributed by atoms with E-state index in [1.165, 1.54) is 12.8 Å². The van der Waals surface area contributed by atoms with Crippen LogP contribution in [0.1, 0.15) is 25.0 Å². The Bertz CT molecular complexity index is 361. The molecule has 0 bridgehead atoms. The monoisotopic (exact) mass is 253 g/mol. The summed E-state index contributed by atoms with van der Waals surface area (Å²) in [5.74, 6) is 0. The van der Waals surface area contributed by atoms with Gasteiger partial charge in [0.25, 0.3) is 0 Å². The summed E-state index contributed by atoms with van der Waals surface area (Å²) in [6.07, 6.45) is 9.02. The minimum Gasteiger partial charge on any atom is -0.395 e. The highest BCUT2D eigenvalue weighted by atomic mass is 32.2. The van der Waals surface area contributed by atoms with Crippen molar-refractivity contribution in [3.8, 4) is 0 Å². The first kappa shape index (κ1) is 12.8. The van der Waals surface area contributed by atoms with Crippen molar-refractivity contribution >= 4 is 11.8 Å². The van der Waals surface area contributed by atoms with E-state index in [0.717, 1.165) is 30.2 Å². The molecule has 0 amide bonds. The van der Waals surface area contributed by atoms with Gasteiger partial charge in [-0.3, -0.25) is 9.88 Å². The van der Waals surface area contributed by atoms with Crippen molar-refractivity contribution in [2.24, 2.45) is 0 Å². The van der Waals surface area contributed by atoms with Crippen molar-refractivity contribution < 1.29 is 5.11 Å². The largest absolute Gasteiger partial charge is 0.395 e. The van der Waals surface area contributed by atoms with Crippen molar-refractivity contribution in [2.75, 3.05) is 19.4 Å². The highest BCUT2D eigenvalue weighted by Crippen LogP contribution is 2.22. The summed E-state index contributed by atoms with van der Waals surface area (Å²) in [6, 6.07) is 0.292. The number of hydrogen-bond acceptors (Lipinski definition) is 5. The molecule has 2 heterocycles. The molecule has 1 aliphatic rings. The van der Waals surface area contributed by atoms with Crippen LogP contribution in [0.4, 0.5) is 0 Å². The van der Waals surface area contributed by atoms with E-state index >= 15 is 0 Å². The lowest BCUT2D eigenvalue weighted by Gasteiger charge is -2.34. The first-order chi connectivity index (χ1) is 8.35. The Hall–Kier alpha value is -0.650. The molecule has 0 radical (unpaired) electrons. The van der Waals surface area contributed by atoms with Gasteiger partial charge in [-0.25, -0.2) is 4.98 Å². The second-order valence-corrected chi connectivity index (χ2v) is 5.11. The van der Waals surface area contributed by atoms with Gasteiger partial charge >= 0.3 is 0 Å². The molecular weight excluding hydrogens is 234 g/mol. The van der Waals surface area contributed by atoms with Gasteiger partial charge < -0.3 is 5.11 Å². The van der Waals surface area contributed by atoms with E-state index < -0.39 is 0 Å². The number of aliphatic hydroxyl groups excluding tert-OH is 1.